The summed E-state index contributed by atoms with van der Waals surface area (Å²) in [6.07, 6.45) is 25.1. The van der Waals surface area contributed by atoms with Crippen LogP contribution in [-0.2, 0) is 19.1 Å². The molecule has 0 saturated heterocycles. The van der Waals surface area contributed by atoms with Crippen molar-refractivity contribution in [1.82, 2.24) is 0 Å². The molecule has 0 saturated carbocycles. The summed E-state index contributed by atoms with van der Waals surface area (Å²) < 4.78 is 10.7. The third kappa shape index (κ3) is 29.1. The molecular formula is C30H58O6. The monoisotopic (exact) mass is 514 g/mol. The highest BCUT2D eigenvalue weighted by molar-refractivity contribution is 5.69. The van der Waals surface area contributed by atoms with Crippen LogP contribution >= 0.6 is 0 Å². The minimum atomic E-state index is -0.0544. The molecule has 0 amide bonds. The normalized spacial score (nSPS) is 11.1. The first-order valence-corrected chi connectivity index (χ1v) is 15.2. The molecule has 6 heteroatoms. The molecule has 0 bridgehead atoms. The lowest BCUT2D eigenvalue weighted by molar-refractivity contribution is -0.144. The van der Waals surface area contributed by atoms with Crippen molar-refractivity contribution in [2.45, 2.75) is 154 Å². The van der Waals surface area contributed by atoms with E-state index in [2.05, 4.69) is 0 Å². The van der Waals surface area contributed by atoms with Gasteiger partial charge in [-0.15, -0.1) is 0 Å². The average molecular weight is 515 g/mol. The molecule has 0 aliphatic rings. The summed E-state index contributed by atoms with van der Waals surface area (Å²) in [6.45, 7) is 1.69. The lowest BCUT2D eigenvalue weighted by Crippen LogP contribution is -2.05. The van der Waals surface area contributed by atoms with Gasteiger partial charge in [0.1, 0.15) is 0 Å². The maximum atomic E-state index is 11.8. The highest BCUT2D eigenvalue weighted by Gasteiger charge is 2.04. The van der Waals surface area contributed by atoms with Crippen molar-refractivity contribution in [3.8, 4) is 0 Å². The van der Waals surface area contributed by atoms with Gasteiger partial charge in [0.25, 0.3) is 0 Å². The van der Waals surface area contributed by atoms with Gasteiger partial charge in [0.15, 0.2) is 0 Å². The Kier molecular flexibility index (Phi) is 29.1. The van der Waals surface area contributed by atoms with Crippen LogP contribution in [0.5, 0.6) is 0 Å². The second-order valence-electron chi connectivity index (χ2n) is 10.2. The highest BCUT2D eigenvalue weighted by Crippen LogP contribution is 2.12. The number of hydrogen-bond donors (Lipinski definition) is 2. The molecule has 0 unspecified atom stereocenters. The van der Waals surface area contributed by atoms with E-state index in [0.29, 0.717) is 39.3 Å². The van der Waals surface area contributed by atoms with E-state index in [-0.39, 0.29) is 11.9 Å². The van der Waals surface area contributed by atoms with Crippen molar-refractivity contribution in [3.05, 3.63) is 0 Å². The summed E-state index contributed by atoms with van der Waals surface area (Å²) in [5.74, 6) is -0.109. The summed E-state index contributed by atoms with van der Waals surface area (Å²) in [5.41, 5.74) is 0. The predicted molar refractivity (Wildman–Crippen MR) is 147 cm³/mol. The van der Waals surface area contributed by atoms with Gasteiger partial charge in [0.05, 0.1) is 13.2 Å². The van der Waals surface area contributed by atoms with E-state index in [9.17, 15) is 9.59 Å². The van der Waals surface area contributed by atoms with Gasteiger partial charge in [-0.1, -0.05) is 103 Å². The Morgan fingerprint density at radius 2 is 0.611 bits per heavy atom. The zero-order valence-corrected chi connectivity index (χ0v) is 23.3. The number of ether oxygens (including phenoxy) is 2. The third-order valence-electron chi connectivity index (χ3n) is 6.64. The highest BCUT2D eigenvalue weighted by atomic mass is 16.5. The summed E-state index contributed by atoms with van der Waals surface area (Å²) in [5, 5.41) is 17.5. The summed E-state index contributed by atoms with van der Waals surface area (Å²) in [6, 6.07) is 0. The lowest BCUT2D eigenvalue weighted by atomic mass is 10.1. The zero-order valence-electron chi connectivity index (χ0n) is 23.3. The van der Waals surface area contributed by atoms with E-state index in [1.54, 1.807) is 0 Å². The lowest BCUT2D eigenvalue weighted by Gasteiger charge is -2.06. The van der Waals surface area contributed by atoms with Gasteiger partial charge in [-0.3, -0.25) is 9.59 Å². The van der Waals surface area contributed by atoms with Crippen molar-refractivity contribution in [2.75, 3.05) is 26.4 Å². The first-order valence-electron chi connectivity index (χ1n) is 15.2. The van der Waals surface area contributed by atoms with Crippen LogP contribution in [0.25, 0.3) is 0 Å². The van der Waals surface area contributed by atoms with Gasteiger partial charge in [0.2, 0.25) is 0 Å². The van der Waals surface area contributed by atoms with Crippen molar-refractivity contribution in [2.24, 2.45) is 0 Å². The molecule has 0 heterocycles. The molecule has 0 aromatic rings. The summed E-state index contributed by atoms with van der Waals surface area (Å²) >= 11 is 0. The van der Waals surface area contributed by atoms with E-state index in [0.717, 1.165) is 89.9 Å². The number of rotatable bonds is 29. The molecule has 0 spiro atoms. The molecule has 6 nitrogen and oxygen atoms in total. The van der Waals surface area contributed by atoms with Crippen LogP contribution < -0.4 is 0 Å². The Bertz CT molecular complexity index is 426. The molecule has 0 aliphatic carbocycles. The maximum Gasteiger partial charge on any atom is 0.305 e. The van der Waals surface area contributed by atoms with Crippen LogP contribution in [0, 0.1) is 0 Å². The van der Waals surface area contributed by atoms with Crippen LogP contribution in [0.1, 0.15) is 154 Å². The number of carbonyl (C=O) groups excluding carboxylic acids is 2. The number of esters is 2. The fraction of sp³-hybridized carbons (Fsp3) is 0.933. The summed E-state index contributed by atoms with van der Waals surface area (Å²) in [7, 11) is 0. The molecule has 2 N–H and O–H groups in total. The number of aliphatic hydroxyl groups excluding tert-OH is 2. The molecule has 214 valence electrons. The largest absolute Gasteiger partial charge is 0.466 e. The molecule has 0 rings (SSSR count). The molecule has 0 radical (unpaired) electrons. The van der Waals surface area contributed by atoms with Gasteiger partial charge in [-0.05, 0) is 38.5 Å². The van der Waals surface area contributed by atoms with Crippen molar-refractivity contribution < 1.29 is 29.3 Å². The number of carbonyl (C=O) groups is 2. The van der Waals surface area contributed by atoms with E-state index in [1.807, 2.05) is 0 Å². The Morgan fingerprint density at radius 3 is 0.917 bits per heavy atom. The van der Waals surface area contributed by atoms with E-state index >= 15 is 0 Å². The van der Waals surface area contributed by atoms with Crippen molar-refractivity contribution in [3.63, 3.8) is 0 Å². The summed E-state index contributed by atoms with van der Waals surface area (Å²) in [4.78, 5) is 23.5. The first kappa shape index (κ1) is 34.9. The van der Waals surface area contributed by atoms with Gasteiger partial charge in [0, 0.05) is 26.1 Å². The van der Waals surface area contributed by atoms with Crippen LogP contribution in [0.15, 0.2) is 0 Å². The minimum absolute atomic E-state index is 0.0544. The van der Waals surface area contributed by atoms with Crippen molar-refractivity contribution >= 4 is 11.9 Å². The van der Waals surface area contributed by atoms with Crippen LogP contribution in [0.2, 0.25) is 0 Å². The van der Waals surface area contributed by atoms with Gasteiger partial charge >= 0.3 is 11.9 Å². The molecule has 0 fully saturated rings. The Morgan fingerprint density at radius 1 is 0.361 bits per heavy atom. The average Bonchev–Trinajstić information content (AvgIpc) is 2.87. The SMILES string of the molecule is O=C(CCCCCCCCCO)OCCCCCCCCCCOC(=O)CCCCCCCCCO. The van der Waals surface area contributed by atoms with Gasteiger partial charge < -0.3 is 19.7 Å². The van der Waals surface area contributed by atoms with Gasteiger partial charge in [-0.25, -0.2) is 0 Å². The Balaban J connectivity index is 3.22. The molecule has 0 atom stereocenters. The van der Waals surface area contributed by atoms with Crippen molar-refractivity contribution in [1.29, 1.82) is 0 Å². The first-order chi connectivity index (χ1) is 17.7. The number of unbranched alkanes of at least 4 members (excludes halogenated alkanes) is 19. The molecule has 0 aromatic carbocycles. The zero-order chi connectivity index (χ0) is 26.4. The van der Waals surface area contributed by atoms with Crippen LogP contribution in [0.3, 0.4) is 0 Å². The Hall–Kier alpha value is -1.14. The molecule has 36 heavy (non-hydrogen) atoms. The molecule has 0 aliphatic heterocycles. The molecular weight excluding hydrogens is 456 g/mol. The van der Waals surface area contributed by atoms with E-state index in [1.165, 1.54) is 51.4 Å². The standard InChI is InChI=1S/C30H58O6/c31-25-19-13-7-3-5-11-17-23-29(33)35-27-21-15-9-1-2-10-16-22-28-36-30(34)24-18-12-6-4-8-14-20-26-32/h31-32H,1-28H2. The van der Waals surface area contributed by atoms with Gasteiger partial charge in [-0.2, -0.15) is 0 Å². The number of aliphatic hydroxyl groups is 2. The fourth-order valence-corrected chi connectivity index (χ4v) is 4.31. The predicted octanol–water partition coefficient (Wildman–Crippen LogP) is 7.42. The maximum absolute atomic E-state index is 11.8. The minimum Gasteiger partial charge on any atom is -0.466 e. The topological polar surface area (TPSA) is 93.1 Å². The Labute approximate surface area is 221 Å². The smallest absolute Gasteiger partial charge is 0.305 e. The second-order valence-corrected chi connectivity index (χ2v) is 10.2. The second kappa shape index (κ2) is 30.1. The van der Waals surface area contributed by atoms with Crippen LogP contribution in [0.4, 0.5) is 0 Å². The van der Waals surface area contributed by atoms with E-state index in [4.69, 9.17) is 19.7 Å². The third-order valence-corrected chi connectivity index (χ3v) is 6.64. The van der Waals surface area contributed by atoms with E-state index < -0.39 is 0 Å². The number of hydrogen-bond acceptors (Lipinski definition) is 6. The fourth-order valence-electron chi connectivity index (χ4n) is 4.31. The van der Waals surface area contributed by atoms with Crippen LogP contribution in [-0.4, -0.2) is 48.6 Å². The quantitative estimate of drug-likeness (QED) is 0.0797. The molecule has 0 aromatic heterocycles.